The molecule has 3 rings (SSSR count). The summed E-state index contributed by atoms with van der Waals surface area (Å²) in [7, 11) is 0. The van der Waals surface area contributed by atoms with Crippen molar-refractivity contribution >= 4 is 23.5 Å². The zero-order valence-corrected chi connectivity index (χ0v) is 24.1. The molecule has 1 heterocycles. The Hall–Kier alpha value is -3.39. The number of hydrogen-bond acceptors (Lipinski definition) is 6. The zero-order valence-electron chi connectivity index (χ0n) is 23.3. The van der Waals surface area contributed by atoms with Gasteiger partial charge in [-0.25, -0.2) is 9.59 Å². The molecule has 0 bridgehead atoms. The normalized spacial score (nSPS) is 10.7. The van der Waals surface area contributed by atoms with E-state index >= 15 is 0 Å². The number of thiazole rings is 1. The van der Waals surface area contributed by atoms with E-state index in [1.807, 2.05) is 43.3 Å². The van der Waals surface area contributed by atoms with Gasteiger partial charge in [0.2, 0.25) is 0 Å². The van der Waals surface area contributed by atoms with Crippen LogP contribution in [0.1, 0.15) is 58.9 Å². The molecule has 7 nitrogen and oxygen atoms in total. The molecule has 0 radical (unpaired) electrons. The topological polar surface area (TPSA) is 89.6 Å². The van der Waals surface area contributed by atoms with Gasteiger partial charge in [0.05, 0.1) is 10.4 Å². The molecule has 2 N–H and O–H groups in total. The van der Waals surface area contributed by atoms with E-state index in [4.69, 9.17) is 9.47 Å². The zero-order chi connectivity index (χ0) is 28.0. The molecule has 0 saturated carbocycles. The maximum Gasteiger partial charge on any atom is 0.407 e. The van der Waals surface area contributed by atoms with E-state index in [9.17, 15) is 9.59 Å². The van der Waals surface area contributed by atoms with Crippen LogP contribution < -0.4 is 10.6 Å². The van der Waals surface area contributed by atoms with Crippen molar-refractivity contribution in [3.05, 3.63) is 88.4 Å². The van der Waals surface area contributed by atoms with Crippen LogP contribution in [0.4, 0.5) is 9.59 Å². The van der Waals surface area contributed by atoms with Crippen LogP contribution in [0.25, 0.3) is 0 Å². The summed E-state index contributed by atoms with van der Waals surface area (Å²) >= 11 is 1.44. The maximum atomic E-state index is 11.5. The van der Waals surface area contributed by atoms with E-state index in [1.165, 1.54) is 22.5 Å². The Bertz CT molecular complexity index is 957. The molecule has 0 aliphatic carbocycles. The first-order valence-electron chi connectivity index (χ1n) is 13.0. The first-order chi connectivity index (χ1) is 18.3. The first kappa shape index (κ1) is 32.6. The Morgan fingerprint density at radius 1 is 0.868 bits per heavy atom. The lowest BCUT2D eigenvalue weighted by molar-refractivity contribution is 0.0952. The number of aromatic nitrogens is 1. The van der Waals surface area contributed by atoms with Gasteiger partial charge in [-0.15, -0.1) is 11.3 Å². The number of unbranched alkanes of at least 4 members (excludes halogenated alkanes) is 1. The molecule has 1 aromatic heterocycles. The summed E-state index contributed by atoms with van der Waals surface area (Å²) < 4.78 is 10.3. The molecule has 1 unspecified atom stereocenters. The van der Waals surface area contributed by atoms with Crippen LogP contribution in [0, 0.1) is 19.8 Å². The Morgan fingerprint density at radius 2 is 1.39 bits per heavy atom. The molecule has 0 fully saturated rings. The molecule has 0 spiro atoms. The quantitative estimate of drug-likeness (QED) is 0.254. The number of nitrogens with one attached hydrogen (secondary N) is 2. The highest BCUT2D eigenvalue weighted by Crippen LogP contribution is 2.08. The summed E-state index contributed by atoms with van der Waals surface area (Å²) in [6.07, 6.45) is 3.10. The standard InChI is InChI=1S/C16H27N3O4S.2C7H8.2H2/c1-12(2)8-13(3)23-16(21)19-7-5-4-6-18-15(20)22-10-14-9-17-11-24-14;2*1-7-5-3-2-4-6-7;;/h9,11-13H,4-8,10H2,1-3H3,(H,18,20)(H,19,21);2*2-6H,1H3;2*1H. The Kier molecular flexibility index (Phi) is 17.7. The smallest absolute Gasteiger partial charge is 0.407 e. The summed E-state index contributed by atoms with van der Waals surface area (Å²) in [5, 5.41) is 5.37. The molecule has 0 saturated heterocycles. The Balaban J connectivity index is 0. The van der Waals surface area contributed by atoms with Crippen molar-refractivity contribution in [2.45, 2.75) is 66.6 Å². The molecular weight excluding hydrogens is 498 g/mol. The van der Waals surface area contributed by atoms with Gasteiger partial charge in [-0.2, -0.15) is 0 Å². The monoisotopic (exact) mass is 545 g/mol. The summed E-state index contributed by atoms with van der Waals surface area (Å²) in [5.74, 6) is 0.495. The summed E-state index contributed by atoms with van der Waals surface area (Å²) in [6.45, 7) is 11.5. The van der Waals surface area contributed by atoms with Gasteiger partial charge in [0.1, 0.15) is 12.7 Å². The number of benzene rings is 2. The van der Waals surface area contributed by atoms with Gasteiger partial charge < -0.3 is 20.1 Å². The molecule has 2 amide bonds. The fourth-order valence-corrected chi connectivity index (χ4v) is 3.64. The molecule has 38 heavy (non-hydrogen) atoms. The third-order valence-corrected chi connectivity index (χ3v) is 5.72. The average molecular weight is 546 g/mol. The second-order valence-electron chi connectivity index (χ2n) is 9.26. The highest BCUT2D eigenvalue weighted by molar-refractivity contribution is 7.09. The third-order valence-electron chi connectivity index (χ3n) is 4.96. The summed E-state index contributed by atoms with van der Waals surface area (Å²) in [5.41, 5.74) is 4.34. The van der Waals surface area contributed by atoms with E-state index in [2.05, 4.69) is 67.6 Å². The van der Waals surface area contributed by atoms with Crippen molar-refractivity contribution in [2.75, 3.05) is 13.1 Å². The van der Waals surface area contributed by atoms with Crippen molar-refractivity contribution < 1.29 is 21.9 Å². The van der Waals surface area contributed by atoms with Crippen molar-refractivity contribution in [3.8, 4) is 0 Å². The van der Waals surface area contributed by atoms with Gasteiger partial charge in [0.15, 0.2) is 0 Å². The lowest BCUT2D eigenvalue weighted by Gasteiger charge is -2.15. The second-order valence-corrected chi connectivity index (χ2v) is 10.2. The minimum atomic E-state index is -0.446. The summed E-state index contributed by atoms with van der Waals surface area (Å²) in [6, 6.07) is 20.5. The number of aryl methyl sites for hydroxylation is 2. The number of ether oxygens (including phenoxy) is 2. The number of rotatable bonds is 10. The largest absolute Gasteiger partial charge is 0.447 e. The lowest BCUT2D eigenvalue weighted by Crippen LogP contribution is -2.30. The van der Waals surface area contributed by atoms with Crippen LogP contribution in [0.15, 0.2) is 72.4 Å². The predicted octanol–water partition coefficient (Wildman–Crippen LogP) is 7.79. The van der Waals surface area contributed by atoms with Gasteiger partial charge in [0, 0.05) is 22.1 Å². The number of amides is 2. The number of nitrogens with zero attached hydrogens (tertiary/aromatic N) is 1. The van der Waals surface area contributed by atoms with Crippen LogP contribution in [0.2, 0.25) is 0 Å². The average Bonchev–Trinajstić information content (AvgIpc) is 3.40. The second kappa shape index (κ2) is 20.6. The van der Waals surface area contributed by atoms with Crippen LogP contribution in [0.3, 0.4) is 0 Å². The molecular formula is C30H47N3O4S. The molecule has 0 aliphatic heterocycles. The Labute approximate surface area is 235 Å². The molecule has 2 aromatic carbocycles. The number of carbonyl (C=O) groups is 2. The number of carbonyl (C=O) groups excluding carboxylic acids is 2. The fourth-order valence-electron chi connectivity index (χ4n) is 3.14. The molecule has 212 valence electrons. The van der Waals surface area contributed by atoms with Gasteiger partial charge in [-0.05, 0) is 46.0 Å². The maximum absolute atomic E-state index is 11.5. The predicted molar refractivity (Wildman–Crippen MR) is 160 cm³/mol. The molecule has 3 aromatic rings. The van der Waals surface area contributed by atoms with Gasteiger partial charge in [-0.1, -0.05) is 85.6 Å². The molecule has 1 atom stereocenters. The van der Waals surface area contributed by atoms with E-state index in [0.29, 0.717) is 19.0 Å². The minimum absolute atomic E-state index is 0. The van der Waals surface area contributed by atoms with Crippen LogP contribution in [-0.2, 0) is 16.1 Å². The van der Waals surface area contributed by atoms with E-state index in [0.717, 1.165) is 24.1 Å². The van der Waals surface area contributed by atoms with Gasteiger partial charge in [0.25, 0.3) is 0 Å². The molecule has 8 heteroatoms. The van der Waals surface area contributed by atoms with Gasteiger partial charge >= 0.3 is 12.2 Å². The lowest BCUT2D eigenvalue weighted by atomic mass is 10.1. The number of hydrogen-bond donors (Lipinski definition) is 2. The summed E-state index contributed by atoms with van der Waals surface area (Å²) in [4.78, 5) is 27.8. The SMILES string of the molecule is CC(C)CC(C)OC(=O)NCCCCNC(=O)OCc1cncs1.Cc1ccccc1.Cc1ccccc1.[HH].[HH]. The van der Waals surface area contributed by atoms with Crippen molar-refractivity contribution in [3.63, 3.8) is 0 Å². The third kappa shape index (κ3) is 18.8. The van der Waals surface area contributed by atoms with Crippen LogP contribution in [0.5, 0.6) is 0 Å². The van der Waals surface area contributed by atoms with Crippen LogP contribution >= 0.6 is 11.3 Å². The molecule has 0 aliphatic rings. The van der Waals surface area contributed by atoms with E-state index < -0.39 is 6.09 Å². The fraction of sp³-hybridized carbons (Fsp3) is 0.433. The van der Waals surface area contributed by atoms with E-state index in [-0.39, 0.29) is 21.7 Å². The highest BCUT2D eigenvalue weighted by atomic mass is 32.1. The number of alkyl carbamates (subject to hydrolysis) is 2. The first-order valence-corrected chi connectivity index (χ1v) is 13.9. The Morgan fingerprint density at radius 3 is 1.82 bits per heavy atom. The van der Waals surface area contributed by atoms with Crippen molar-refractivity contribution in [1.29, 1.82) is 0 Å². The van der Waals surface area contributed by atoms with Gasteiger partial charge in [-0.3, -0.25) is 4.98 Å². The highest BCUT2D eigenvalue weighted by Gasteiger charge is 2.10. The van der Waals surface area contributed by atoms with Crippen molar-refractivity contribution in [2.24, 2.45) is 5.92 Å². The van der Waals surface area contributed by atoms with Crippen LogP contribution in [-0.4, -0.2) is 36.4 Å². The minimum Gasteiger partial charge on any atom is -0.447 e. The van der Waals surface area contributed by atoms with E-state index in [1.54, 1.807) is 11.7 Å². The van der Waals surface area contributed by atoms with Crippen molar-refractivity contribution in [1.82, 2.24) is 15.6 Å².